The van der Waals surface area contributed by atoms with Gasteiger partial charge in [0, 0.05) is 43.6 Å². The lowest BCUT2D eigenvalue weighted by atomic mass is 9.41. The van der Waals surface area contributed by atoms with Crippen LogP contribution in [0, 0.1) is 22.7 Å². The van der Waals surface area contributed by atoms with Gasteiger partial charge in [-0.2, -0.15) is 0 Å². The third-order valence-electron chi connectivity index (χ3n) is 13.4. The summed E-state index contributed by atoms with van der Waals surface area (Å²) in [6.45, 7) is 8.01. The Morgan fingerprint density at radius 1 is 0.900 bits per heavy atom. The van der Waals surface area contributed by atoms with E-state index in [2.05, 4.69) is 5.32 Å². The summed E-state index contributed by atoms with van der Waals surface area (Å²) in [6, 6.07) is 16.5. The first kappa shape index (κ1) is 42.6. The van der Waals surface area contributed by atoms with Crippen molar-refractivity contribution in [2.45, 2.75) is 102 Å². The first-order valence-electron chi connectivity index (χ1n) is 19.8. The fraction of sp³-hybridized carbons (Fsp3) is 0.467. The van der Waals surface area contributed by atoms with Crippen molar-refractivity contribution in [3.05, 3.63) is 107 Å². The molecule has 0 radical (unpaired) electrons. The highest BCUT2D eigenvalue weighted by Gasteiger charge is 2.78. The van der Waals surface area contributed by atoms with Crippen LogP contribution in [0.15, 0.2) is 94.8 Å². The minimum atomic E-state index is -2.36. The Morgan fingerprint density at radius 3 is 2.12 bits per heavy atom. The highest BCUT2D eigenvalue weighted by atomic mass is 16.6. The van der Waals surface area contributed by atoms with Crippen molar-refractivity contribution < 1.29 is 67.5 Å². The second-order valence-electron chi connectivity index (χ2n) is 17.0. The van der Waals surface area contributed by atoms with E-state index in [0.717, 1.165) is 20.1 Å². The number of rotatable bonds is 10. The molecule has 318 valence electrons. The van der Waals surface area contributed by atoms with Crippen LogP contribution in [0.2, 0.25) is 0 Å². The number of carbonyl (C=O) groups is 6. The topological polar surface area (TPSA) is 225 Å². The summed E-state index contributed by atoms with van der Waals surface area (Å²) in [7, 11) is 0. The number of nitrogens with one attached hydrogen (secondary N) is 1. The quantitative estimate of drug-likeness (QED) is 0.0993. The van der Waals surface area contributed by atoms with Crippen molar-refractivity contribution in [2.24, 2.45) is 22.7 Å². The van der Waals surface area contributed by atoms with Gasteiger partial charge in [0.15, 0.2) is 29.4 Å². The van der Waals surface area contributed by atoms with E-state index in [1.54, 1.807) is 74.5 Å². The first-order valence-corrected chi connectivity index (χ1v) is 19.8. The lowest BCUT2D eigenvalue weighted by molar-refractivity contribution is -0.335. The molecule has 1 saturated heterocycles. The molecule has 4 aliphatic rings. The Balaban J connectivity index is 1.40. The maximum atomic E-state index is 15.4. The predicted octanol–water partition coefficient (Wildman–Crippen LogP) is 3.60. The van der Waals surface area contributed by atoms with Gasteiger partial charge in [-0.25, -0.2) is 4.79 Å². The Kier molecular flexibility index (Phi) is 11.0. The van der Waals surface area contributed by atoms with E-state index in [1.165, 1.54) is 26.2 Å². The zero-order chi connectivity index (χ0) is 43.5. The number of furan rings is 1. The number of aliphatic hydroxyl groups is 3. The van der Waals surface area contributed by atoms with Gasteiger partial charge in [0.05, 0.1) is 47.5 Å². The maximum Gasteiger partial charge on any atom is 0.338 e. The van der Waals surface area contributed by atoms with Crippen LogP contribution < -0.4 is 5.32 Å². The van der Waals surface area contributed by atoms with E-state index in [9.17, 15) is 34.5 Å². The Morgan fingerprint density at radius 2 is 1.55 bits per heavy atom. The summed E-state index contributed by atoms with van der Waals surface area (Å²) < 4.78 is 29.1. The molecule has 2 saturated carbocycles. The number of aliphatic hydroxyl groups excluding tert-OH is 2. The zero-order valence-corrected chi connectivity index (χ0v) is 34.1. The summed E-state index contributed by atoms with van der Waals surface area (Å²) in [4.78, 5) is 84.2. The molecule has 4 N–H and O–H groups in total. The molecular weight excluding hydrogens is 778 g/mol. The molecule has 1 amide bonds. The van der Waals surface area contributed by atoms with Crippen LogP contribution in [0.1, 0.15) is 86.7 Å². The molecule has 15 nitrogen and oxygen atoms in total. The van der Waals surface area contributed by atoms with Crippen LogP contribution in [0.3, 0.4) is 0 Å². The average Bonchev–Trinajstić information content (AvgIpc) is 3.75. The number of fused-ring (bicyclic) bond motifs is 5. The van der Waals surface area contributed by atoms with Gasteiger partial charge in [-0.15, -0.1) is 0 Å². The van der Waals surface area contributed by atoms with Gasteiger partial charge in [-0.1, -0.05) is 62.4 Å². The number of benzene rings is 2. The number of Topliss-reactive ketones (excluding diaryl/α,β-unsaturated/α-hetero) is 2. The van der Waals surface area contributed by atoms with Crippen LogP contribution in [0.4, 0.5) is 0 Å². The number of esters is 3. The molecule has 60 heavy (non-hydrogen) atoms. The van der Waals surface area contributed by atoms with Crippen molar-refractivity contribution in [3.63, 3.8) is 0 Å². The van der Waals surface area contributed by atoms with Gasteiger partial charge >= 0.3 is 17.9 Å². The summed E-state index contributed by atoms with van der Waals surface area (Å²) >= 11 is 0. The van der Waals surface area contributed by atoms with E-state index in [-0.39, 0.29) is 35.3 Å². The van der Waals surface area contributed by atoms with Crippen LogP contribution in [0.5, 0.6) is 0 Å². The number of amides is 1. The second-order valence-corrected chi connectivity index (χ2v) is 17.0. The number of ketones is 2. The molecule has 1 aliphatic heterocycles. The zero-order valence-electron chi connectivity index (χ0n) is 34.1. The fourth-order valence-corrected chi connectivity index (χ4v) is 10.3. The lowest BCUT2D eigenvalue weighted by Crippen LogP contribution is -2.80. The SMILES string of the molecule is CC(=O)O[C@H]1C(=O)[C@@]2(C)[C@H]([C@H](C(=O)c3ccoc3)[C@]3(O)C[C@H](OC(=O)[C@H](O)[C@@H](NC(=O)c4ccccc4)c4ccccc4)C(C)=C1C3(C)C)[C@]1(OC(C)=O)CO[C@@H]1C[C@@H]2O. The summed E-state index contributed by atoms with van der Waals surface area (Å²) in [5.74, 6) is -8.30. The second kappa shape index (κ2) is 15.5. The summed E-state index contributed by atoms with van der Waals surface area (Å²) in [5.41, 5.74) is -7.00. The fourth-order valence-electron chi connectivity index (χ4n) is 10.3. The van der Waals surface area contributed by atoms with Crippen molar-refractivity contribution in [3.8, 4) is 0 Å². The normalized spacial score (nSPS) is 32.6. The van der Waals surface area contributed by atoms with Gasteiger partial charge in [-0.05, 0) is 48.8 Å². The van der Waals surface area contributed by atoms with E-state index in [0.29, 0.717) is 5.56 Å². The lowest BCUT2D eigenvalue weighted by Gasteiger charge is -2.67. The third kappa shape index (κ3) is 6.67. The van der Waals surface area contributed by atoms with Gasteiger partial charge < -0.3 is 44.0 Å². The predicted molar refractivity (Wildman–Crippen MR) is 209 cm³/mol. The van der Waals surface area contributed by atoms with Crippen molar-refractivity contribution >= 4 is 35.4 Å². The molecule has 3 aromatic rings. The van der Waals surface area contributed by atoms with E-state index < -0.39 is 112 Å². The molecule has 3 fully saturated rings. The summed E-state index contributed by atoms with van der Waals surface area (Å²) in [5, 5.41) is 40.2. The first-order chi connectivity index (χ1) is 28.3. The Bertz CT molecular complexity index is 2220. The molecule has 2 aromatic carbocycles. The minimum absolute atomic E-state index is 0.00566. The molecule has 11 atom stereocenters. The summed E-state index contributed by atoms with van der Waals surface area (Å²) in [6.07, 6.45) is -6.20. The molecule has 1 aromatic heterocycles. The molecule has 15 heteroatoms. The van der Waals surface area contributed by atoms with Crippen LogP contribution in [-0.4, -0.2) is 99.0 Å². The monoisotopic (exact) mass is 827 g/mol. The number of hydrogen-bond acceptors (Lipinski definition) is 14. The molecule has 0 unspecified atom stereocenters. The van der Waals surface area contributed by atoms with E-state index in [4.69, 9.17) is 23.4 Å². The van der Waals surface area contributed by atoms with Crippen molar-refractivity contribution in [1.82, 2.24) is 5.32 Å². The molecule has 3 aliphatic carbocycles. The third-order valence-corrected chi connectivity index (χ3v) is 13.4. The van der Waals surface area contributed by atoms with Gasteiger partial charge in [-0.3, -0.25) is 24.0 Å². The van der Waals surface area contributed by atoms with Crippen molar-refractivity contribution in [2.75, 3.05) is 6.61 Å². The van der Waals surface area contributed by atoms with Crippen LogP contribution in [0.25, 0.3) is 0 Å². The standard InChI is InChI=1S/C45H49NO14/c1-23-29(59-41(54)36(51)34(26-13-9-7-10-14-26)46-40(53)27-15-11-8-12-16-27)20-45(55)33(35(50)28-17-18-56-21-28)38-43(6,30(49)19-31-44(38,22-57-31)60-25(3)48)39(52)37(58-24(2)47)32(23)42(45,4)5/h7-18,21,29-31,33-34,36-38,49,51,55H,19-20,22H2,1-6H3,(H,46,53)/t29-,30-,31+,33-,34-,36+,37+,38-,43+,44-,45+/m0/s1. The van der Waals surface area contributed by atoms with Gasteiger partial charge in [0.25, 0.3) is 5.91 Å². The number of carbonyl (C=O) groups excluding carboxylic acids is 6. The van der Waals surface area contributed by atoms with Crippen molar-refractivity contribution in [1.29, 1.82) is 0 Å². The molecule has 2 bridgehead atoms. The highest BCUT2D eigenvalue weighted by molar-refractivity contribution is 6.02. The largest absolute Gasteiger partial charge is 0.472 e. The molecule has 2 heterocycles. The van der Waals surface area contributed by atoms with E-state index in [1.807, 2.05) is 0 Å². The maximum absolute atomic E-state index is 15.4. The number of ether oxygens (including phenoxy) is 4. The average molecular weight is 828 g/mol. The molecule has 7 rings (SSSR count). The molecule has 0 spiro atoms. The Labute approximate surface area is 346 Å². The van der Waals surface area contributed by atoms with Gasteiger partial charge in [0.1, 0.15) is 18.5 Å². The van der Waals surface area contributed by atoms with E-state index >= 15 is 9.59 Å². The highest BCUT2D eigenvalue weighted by Crippen LogP contribution is 2.66. The van der Waals surface area contributed by atoms with Crippen LogP contribution in [-0.2, 0) is 38.1 Å². The minimum Gasteiger partial charge on any atom is -0.472 e. The molecular formula is C45H49NO14. The van der Waals surface area contributed by atoms with Crippen LogP contribution >= 0.6 is 0 Å². The Hall–Kier alpha value is -5.48. The van der Waals surface area contributed by atoms with Gasteiger partial charge in [0.2, 0.25) is 0 Å². The smallest absolute Gasteiger partial charge is 0.338 e. The number of hydrogen-bond donors (Lipinski definition) is 4.